The van der Waals surface area contributed by atoms with Crippen LogP contribution in [0.4, 0.5) is 5.69 Å². The van der Waals surface area contributed by atoms with Crippen LogP contribution in [0.3, 0.4) is 0 Å². The lowest BCUT2D eigenvalue weighted by atomic mass is 9.98. The number of esters is 1. The lowest BCUT2D eigenvalue weighted by Crippen LogP contribution is -2.38. The normalized spacial score (nSPS) is 16.9. The average molecular weight is 545 g/mol. The Kier molecular flexibility index (Phi) is 7.16. The number of nitrogens with one attached hydrogen (secondary N) is 1. The van der Waals surface area contributed by atoms with E-state index in [2.05, 4.69) is 14.9 Å². The molecule has 8 nitrogen and oxygen atoms in total. The molecule has 1 aliphatic heterocycles. The number of hydrogen-bond donors (Lipinski definition) is 1. The molecule has 0 aliphatic carbocycles. The van der Waals surface area contributed by atoms with Gasteiger partial charge >= 0.3 is 5.97 Å². The van der Waals surface area contributed by atoms with Crippen molar-refractivity contribution in [3.63, 3.8) is 0 Å². The van der Waals surface area contributed by atoms with Gasteiger partial charge in [0.05, 0.1) is 29.4 Å². The summed E-state index contributed by atoms with van der Waals surface area (Å²) in [6.45, 7) is 4.64. The van der Waals surface area contributed by atoms with Gasteiger partial charge in [-0.05, 0) is 49.9 Å². The highest BCUT2D eigenvalue weighted by Gasteiger charge is 2.27. The first-order valence-electron chi connectivity index (χ1n) is 11.8. The van der Waals surface area contributed by atoms with Gasteiger partial charge in [-0.15, -0.1) is 22.7 Å². The Morgan fingerprint density at radius 3 is 2.94 bits per heavy atom. The number of anilines is 1. The maximum atomic E-state index is 13.1. The zero-order valence-corrected chi connectivity index (χ0v) is 22.6. The molecular formula is C25H28N4O4S3. The number of carbonyl (C=O) groups excluding carboxylic acids is 1. The number of ether oxygens (including phenoxy) is 1. The number of benzene rings is 1. The molecule has 1 N–H and O–H groups in total. The summed E-state index contributed by atoms with van der Waals surface area (Å²) in [6.07, 6.45) is 3.73. The van der Waals surface area contributed by atoms with E-state index in [0.29, 0.717) is 23.0 Å². The minimum absolute atomic E-state index is 0.0688. The highest BCUT2D eigenvalue weighted by atomic mass is 32.2. The molecule has 1 fully saturated rings. The number of rotatable bonds is 8. The van der Waals surface area contributed by atoms with Crippen molar-refractivity contribution in [2.45, 2.75) is 30.5 Å². The number of likely N-dealkylation sites (tertiary alicyclic amines) is 1. The van der Waals surface area contributed by atoms with Crippen molar-refractivity contribution in [1.29, 1.82) is 0 Å². The molecule has 4 heterocycles. The van der Waals surface area contributed by atoms with Gasteiger partial charge in [0.15, 0.2) is 0 Å². The van der Waals surface area contributed by atoms with Crippen molar-refractivity contribution < 1.29 is 17.9 Å². The van der Waals surface area contributed by atoms with Crippen molar-refractivity contribution in [1.82, 2.24) is 14.9 Å². The van der Waals surface area contributed by atoms with Crippen molar-refractivity contribution in [2.75, 3.05) is 31.0 Å². The van der Waals surface area contributed by atoms with Gasteiger partial charge in [0.2, 0.25) is 0 Å². The van der Waals surface area contributed by atoms with E-state index in [1.165, 1.54) is 15.6 Å². The second-order valence-corrected chi connectivity index (χ2v) is 13.0. The summed E-state index contributed by atoms with van der Waals surface area (Å²) in [5, 5.41) is 3.52. The molecule has 0 bridgehead atoms. The van der Waals surface area contributed by atoms with Crippen LogP contribution in [0.25, 0.3) is 21.6 Å². The Morgan fingerprint density at radius 2 is 2.17 bits per heavy atom. The number of aromatic nitrogens is 2. The molecule has 3 aromatic heterocycles. The molecule has 5 rings (SSSR count). The average Bonchev–Trinajstić information content (AvgIpc) is 3.64. The zero-order chi connectivity index (χ0) is 25.3. The monoisotopic (exact) mass is 544 g/mol. The second kappa shape index (κ2) is 10.3. The first-order valence-corrected chi connectivity index (χ1v) is 15.0. The first-order chi connectivity index (χ1) is 17.4. The molecule has 1 unspecified atom stereocenters. The first kappa shape index (κ1) is 24.9. The molecule has 4 aromatic rings. The van der Waals surface area contributed by atoms with E-state index in [4.69, 9.17) is 4.74 Å². The summed E-state index contributed by atoms with van der Waals surface area (Å²) >= 11 is 2.81. The van der Waals surface area contributed by atoms with Crippen molar-refractivity contribution in [3.05, 3.63) is 52.9 Å². The van der Waals surface area contributed by atoms with Gasteiger partial charge in [-0.3, -0.25) is 14.0 Å². The molecule has 36 heavy (non-hydrogen) atoms. The minimum Gasteiger partial charge on any atom is -0.466 e. The highest BCUT2D eigenvalue weighted by molar-refractivity contribution is 7.94. The summed E-state index contributed by atoms with van der Waals surface area (Å²) in [5.41, 5.74) is 2.18. The fourth-order valence-corrected chi connectivity index (χ4v) is 7.86. The van der Waals surface area contributed by atoms with Gasteiger partial charge < -0.3 is 9.72 Å². The van der Waals surface area contributed by atoms with Crippen LogP contribution >= 0.6 is 22.7 Å². The number of carbonyl (C=O) groups is 1. The van der Waals surface area contributed by atoms with Crippen LogP contribution < -0.4 is 4.31 Å². The lowest BCUT2D eigenvalue weighted by Gasteiger charge is -2.30. The van der Waals surface area contributed by atoms with Gasteiger partial charge in [-0.1, -0.05) is 18.2 Å². The number of aromatic amines is 1. The number of H-pyrrole nitrogens is 1. The molecule has 11 heteroatoms. The second-order valence-electron chi connectivity index (χ2n) is 8.79. The van der Waals surface area contributed by atoms with E-state index < -0.39 is 10.0 Å². The topological polar surface area (TPSA) is 95.6 Å². The quantitative estimate of drug-likeness (QED) is 0.315. The Balaban J connectivity index is 1.35. The maximum absolute atomic E-state index is 13.1. The Labute approximate surface area is 218 Å². The van der Waals surface area contributed by atoms with Crippen LogP contribution in [0, 0.1) is 5.92 Å². The number of sulfonamides is 1. The standard InChI is InChI=1S/C25H28N4O4S3/c1-3-33-25(30)18-8-5-11-29(15-18)16-19-14-26-24(35-19)20-13-17-7-4-9-21(23(17)27-20)28(2)36(31,32)22-10-6-12-34-22/h4,6-7,9-10,12-14,18,27H,3,5,8,11,15-16H2,1-2H3. The summed E-state index contributed by atoms with van der Waals surface area (Å²) in [7, 11) is -2.06. The number of hydrogen-bond acceptors (Lipinski definition) is 8. The van der Waals surface area contributed by atoms with Crippen molar-refractivity contribution in [3.8, 4) is 10.7 Å². The molecule has 1 aliphatic rings. The van der Waals surface area contributed by atoms with Gasteiger partial charge in [0, 0.05) is 36.6 Å². The van der Waals surface area contributed by atoms with Crippen LogP contribution in [0.1, 0.15) is 24.6 Å². The van der Waals surface area contributed by atoms with Gasteiger partial charge in [0.1, 0.15) is 9.22 Å². The van der Waals surface area contributed by atoms with E-state index in [1.807, 2.05) is 31.3 Å². The highest BCUT2D eigenvalue weighted by Crippen LogP contribution is 2.35. The van der Waals surface area contributed by atoms with E-state index in [1.54, 1.807) is 42.0 Å². The molecule has 1 atom stereocenters. The molecule has 0 radical (unpaired) electrons. The number of para-hydroxylation sites is 1. The SMILES string of the molecule is CCOC(=O)C1CCCN(Cc2cnc(-c3cc4cccc(N(C)S(=O)(=O)c5cccs5)c4[nH]3)s2)C1. The third kappa shape index (κ3) is 4.93. The number of thiazole rings is 1. The number of fused-ring (bicyclic) bond motifs is 1. The van der Waals surface area contributed by atoms with E-state index in [9.17, 15) is 13.2 Å². The van der Waals surface area contributed by atoms with Crippen LogP contribution in [-0.4, -0.2) is 56.0 Å². The number of nitrogens with zero attached hydrogens (tertiary/aromatic N) is 3. The van der Waals surface area contributed by atoms with Crippen molar-refractivity contribution >= 4 is 55.3 Å². The van der Waals surface area contributed by atoms with Crippen LogP contribution in [-0.2, 0) is 26.1 Å². The summed E-state index contributed by atoms with van der Waals surface area (Å²) < 4.78 is 33.0. The lowest BCUT2D eigenvalue weighted by molar-refractivity contribution is -0.150. The molecule has 0 amide bonds. The van der Waals surface area contributed by atoms with Crippen molar-refractivity contribution in [2.24, 2.45) is 5.92 Å². The predicted molar refractivity (Wildman–Crippen MR) is 144 cm³/mol. The Hall–Kier alpha value is -2.73. The fourth-order valence-electron chi connectivity index (χ4n) is 4.57. The molecule has 1 saturated heterocycles. The largest absolute Gasteiger partial charge is 0.466 e. The molecule has 0 saturated carbocycles. The van der Waals surface area contributed by atoms with Crippen LogP contribution in [0.15, 0.2) is 52.2 Å². The van der Waals surface area contributed by atoms with Gasteiger partial charge in [-0.25, -0.2) is 13.4 Å². The molecule has 0 spiro atoms. The minimum atomic E-state index is -3.64. The summed E-state index contributed by atoms with van der Waals surface area (Å²) in [6, 6.07) is 11.0. The predicted octanol–water partition coefficient (Wildman–Crippen LogP) is 4.95. The van der Waals surface area contributed by atoms with E-state index >= 15 is 0 Å². The van der Waals surface area contributed by atoms with E-state index in [-0.39, 0.29) is 11.9 Å². The Morgan fingerprint density at radius 1 is 1.31 bits per heavy atom. The molecule has 190 valence electrons. The summed E-state index contributed by atoms with van der Waals surface area (Å²) in [4.78, 5) is 23.6. The van der Waals surface area contributed by atoms with Crippen LogP contribution in [0.5, 0.6) is 0 Å². The molecule has 1 aromatic carbocycles. The summed E-state index contributed by atoms with van der Waals surface area (Å²) in [5.74, 6) is -0.173. The third-order valence-electron chi connectivity index (χ3n) is 6.37. The Bertz CT molecular complexity index is 1460. The third-order valence-corrected chi connectivity index (χ3v) is 10.5. The van der Waals surface area contributed by atoms with Crippen LogP contribution in [0.2, 0.25) is 0 Å². The zero-order valence-electron chi connectivity index (χ0n) is 20.1. The number of piperidine rings is 1. The fraction of sp³-hybridized carbons (Fsp3) is 0.360. The smallest absolute Gasteiger partial charge is 0.310 e. The maximum Gasteiger partial charge on any atom is 0.310 e. The number of thiophene rings is 1. The molecular weight excluding hydrogens is 517 g/mol. The van der Waals surface area contributed by atoms with E-state index in [0.717, 1.165) is 52.4 Å². The van der Waals surface area contributed by atoms with Gasteiger partial charge in [0.25, 0.3) is 10.0 Å². The van der Waals surface area contributed by atoms with Gasteiger partial charge in [-0.2, -0.15) is 0 Å².